The third kappa shape index (κ3) is 9.67. The van der Waals surface area contributed by atoms with Crippen molar-refractivity contribution in [2.75, 3.05) is 20.3 Å². The summed E-state index contributed by atoms with van der Waals surface area (Å²) >= 11 is 0. The van der Waals surface area contributed by atoms with Crippen molar-refractivity contribution in [3.05, 3.63) is 77.4 Å². The highest BCUT2D eigenvalue weighted by atomic mass is 16.7. The number of hydrogen-bond donors (Lipinski definition) is 2. The van der Waals surface area contributed by atoms with Crippen molar-refractivity contribution in [1.82, 2.24) is 5.32 Å². The zero-order chi connectivity index (χ0) is 28.9. The number of carbonyl (C=O) groups excluding carboxylic acids is 3. The number of aliphatic hydroxyl groups excluding tert-OH is 1. The fraction of sp³-hybridized carbons (Fsp3) is 0.414. The normalized spacial score (nSPS) is 20.3. The SMILES string of the molecule is COc1ccc(CO[C@@H]2O[C@H]([C@@H](CO)NC(=O)OCc3ccccc3)C/C(=C\COC(C)=O)[C@H]2OC(C)=O)cc1. The van der Waals surface area contributed by atoms with Crippen LogP contribution in [0, 0.1) is 0 Å². The van der Waals surface area contributed by atoms with Gasteiger partial charge < -0.3 is 38.8 Å². The Bertz CT molecular complexity index is 1140. The summed E-state index contributed by atoms with van der Waals surface area (Å²) in [6, 6.07) is 15.5. The lowest BCUT2D eigenvalue weighted by atomic mass is 9.94. The first kappa shape index (κ1) is 30.6. The first-order valence-electron chi connectivity index (χ1n) is 12.8. The molecule has 0 saturated carbocycles. The Morgan fingerprint density at radius 3 is 2.33 bits per heavy atom. The van der Waals surface area contributed by atoms with Gasteiger partial charge in [0.15, 0.2) is 12.4 Å². The third-order valence-corrected chi connectivity index (χ3v) is 6.02. The highest BCUT2D eigenvalue weighted by Gasteiger charge is 2.41. The Labute approximate surface area is 233 Å². The van der Waals surface area contributed by atoms with Crippen LogP contribution < -0.4 is 10.1 Å². The van der Waals surface area contributed by atoms with Crippen molar-refractivity contribution in [1.29, 1.82) is 0 Å². The van der Waals surface area contributed by atoms with Crippen LogP contribution in [0.5, 0.6) is 5.75 Å². The molecule has 40 heavy (non-hydrogen) atoms. The van der Waals surface area contributed by atoms with Crippen LogP contribution in [-0.4, -0.2) is 68.0 Å². The Morgan fingerprint density at radius 1 is 1.00 bits per heavy atom. The van der Waals surface area contributed by atoms with Gasteiger partial charge in [0.2, 0.25) is 0 Å². The number of aliphatic hydroxyl groups is 1. The van der Waals surface area contributed by atoms with Crippen LogP contribution >= 0.6 is 0 Å². The standard InChI is InChI=1S/C29H35NO10/c1-19(32)36-14-13-23-15-26(25(16-31)30-29(34)38-18-21-7-5-4-6-8-21)40-28(27(23)39-20(2)33)37-17-22-9-11-24(35-3)12-10-22/h4-13,25-28,31H,14-18H2,1-3H3,(H,30,34)/b23-13+/t25-,26+,27-,28-/m1/s1. The molecule has 0 radical (unpaired) electrons. The average molecular weight is 558 g/mol. The summed E-state index contributed by atoms with van der Waals surface area (Å²) in [4.78, 5) is 35.8. The highest BCUT2D eigenvalue weighted by Crippen LogP contribution is 2.31. The molecule has 0 unspecified atom stereocenters. The van der Waals surface area contributed by atoms with Crippen LogP contribution in [0.15, 0.2) is 66.2 Å². The molecule has 0 aliphatic carbocycles. The Balaban J connectivity index is 1.77. The molecule has 0 aromatic heterocycles. The molecule has 216 valence electrons. The number of methoxy groups -OCH3 is 1. The van der Waals surface area contributed by atoms with Gasteiger partial charge in [-0.05, 0) is 34.9 Å². The lowest BCUT2D eigenvalue weighted by molar-refractivity contribution is -0.241. The number of benzene rings is 2. The monoisotopic (exact) mass is 557 g/mol. The maximum Gasteiger partial charge on any atom is 0.407 e. The van der Waals surface area contributed by atoms with Crippen molar-refractivity contribution in [2.45, 2.75) is 58.0 Å². The zero-order valence-corrected chi connectivity index (χ0v) is 22.7. The molecular weight excluding hydrogens is 522 g/mol. The van der Waals surface area contributed by atoms with Crippen LogP contribution in [0.25, 0.3) is 0 Å². The second-order valence-corrected chi connectivity index (χ2v) is 9.01. The predicted molar refractivity (Wildman–Crippen MR) is 142 cm³/mol. The van der Waals surface area contributed by atoms with Gasteiger partial charge in [-0.3, -0.25) is 9.59 Å². The van der Waals surface area contributed by atoms with Crippen molar-refractivity contribution >= 4 is 18.0 Å². The van der Waals surface area contributed by atoms with Gasteiger partial charge in [0.05, 0.1) is 32.5 Å². The lowest BCUT2D eigenvalue weighted by Gasteiger charge is -2.40. The van der Waals surface area contributed by atoms with Crippen molar-refractivity contribution in [3.63, 3.8) is 0 Å². The first-order valence-corrected chi connectivity index (χ1v) is 12.8. The minimum atomic E-state index is -1.09. The van der Waals surface area contributed by atoms with Crippen LogP contribution in [0.3, 0.4) is 0 Å². The molecular formula is C29H35NO10. The van der Waals surface area contributed by atoms with Crippen LogP contribution in [-0.2, 0) is 46.5 Å². The zero-order valence-electron chi connectivity index (χ0n) is 22.7. The summed E-state index contributed by atoms with van der Waals surface area (Å²) in [5, 5.41) is 12.8. The fourth-order valence-corrected chi connectivity index (χ4v) is 4.03. The van der Waals surface area contributed by atoms with Gasteiger partial charge in [0.25, 0.3) is 0 Å². The van der Waals surface area contributed by atoms with E-state index >= 15 is 0 Å². The second-order valence-electron chi connectivity index (χ2n) is 9.01. The van der Waals surface area contributed by atoms with E-state index in [2.05, 4.69) is 5.32 Å². The predicted octanol–water partition coefficient (Wildman–Crippen LogP) is 3.04. The van der Waals surface area contributed by atoms with E-state index in [0.717, 1.165) is 11.1 Å². The third-order valence-electron chi connectivity index (χ3n) is 6.02. The van der Waals surface area contributed by atoms with E-state index in [4.69, 9.17) is 28.4 Å². The van der Waals surface area contributed by atoms with E-state index in [-0.39, 0.29) is 26.2 Å². The van der Waals surface area contributed by atoms with E-state index in [9.17, 15) is 19.5 Å². The fourth-order valence-electron chi connectivity index (χ4n) is 4.03. The number of alkyl carbamates (subject to hydrolysis) is 1. The molecule has 11 nitrogen and oxygen atoms in total. The summed E-state index contributed by atoms with van der Waals surface area (Å²) in [6.45, 7) is 2.15. The quantitative estimate of drug-likeness (QED) is 0.227. The Hall–Kier alpha value is -3.93. The molecule has 1 aliphatic rings. The van der Waals surface area contributed by atoms with Crippen LogP contribution in [0.4, 0.5) is 4.79 Å². The van der Waals surface area contributed by atoms with E-state index < -0.39 is 49.2 Å². The summed E-state index contributed by atoms with van der Waals surface area (Å²) in [5.74, 6) is -0.361. The van der Waals surface area contributed by atoms with Crippen molar-refractivity contribution < 1.29 is 47.9 Å². The van der Waals surface area contributed by atoms with E-state index in [1.165, 1.54) is 13.8 Å². The van der Waals surface area contributed by atoms with Gasteiger partial charge in [-0.1, -0.05) is 42.5 Å². The number of amides is 1. The molecule has 2 N–H and O–H groups in total. The maximum atomic E-state index is 12.5. The van der Waals surface area contributed by atoms with Crippen LogP contribution in [0.1, 0.15) is 31.4 Å². The van der Waals surface area contributed by atoms with Crippen molar-refractivity contribution in [3.8, 4) is 5.75 Å². The van der Waals surface area contributed by atoms with Gasteiger partial charge in [-0.15, -0.1) is 0 Å². The molecule has 0 bridgehead atoms. The van der Waals surface area contributed by atoms with Crippen LogP contribution in [0.2, 0.25) is 0 Å². The number of ether oxygens (including phenoxy) is 6. The number of nitrogens with one attached hydrogen (secondary N) is 1. The largest absolute Gasteiger partial charge is 0.497 e. The van der Waals surface area contributed by atoms with E-state index in [1.807, 2.05) is 42.5 Å². The molecule has 2 aromatic rings. The minimum Gasteiger partial charge on any atom is -0.497 e. The molecule has 1 saturated heterocycles. The molecule has 11 heteroatoms. The molecule has 2 aromatic carbocycles. The molecule has 1 amide bonds. The smallest absolute Gasteiger partial charge is 0.407 e. The van der Waals surface area contributed by atoms with Crippen molar-refractivity contribution in [2.24, 2.45) is 0 Å². The van der Waals surface area contributed by atoms with Gasteiger partial charge in [0, 0.05) is 20.3 Å². The maximum absolute atomic E-state index is 12.5. The van der Waals surface area contributed by atoms with E-state index in [1.54, 1.807) is 25.3 Å². The lowest BCUT2D eigenvalue weighted by Crippen LogP contribution is -2.54. The summed E-state index contributed by atoms with van der Waals surface area (Å²) in [6.07, 6.45) is -1.82. The summed E-state index contributed by atoms with van der Waals surface area (Å²) < 4.78 is 33.2. The highest BCUT2D eigenvalue weighted by molar-refractivity contribution is 5.68. The Morgan fingerprint density at radius 2 is 1.70 bits per heavy atom. The first-order chi connectivity index (χ1) is 19.3. The van der Waals surface area contributed by atoms with E-state index in [0.29, 0.717) is 11.3 Å². The number of rotatable bonds is 12. The van der Waals surface area contributed by atoms with Gasteiger partial charge in [-0.2, -0.15) is 0 Å². The summed E-state index contributed by atoms with van der Waals surface area (Å²) in [7, 11) is 1.57. The van der Waals surface area contributed by atoms with Gasteiger partial charge in [-0.25, -0.2) is 4.79 Å². The average Bonchev–Trinajstić information content (AvgIpc) is 2.95. The molecule has 3 rings (SSSR count). The topological polar surface area (TPSA) is 139 Å². The minimum absolute atomic E-state index is 0.0476. The molecule has 0 spiro atoms. The molecule has 1 heterocycles. The number of hydrogen-bond acceptors (Lipinski definition) is 10. The number of esters is 2. The molecule has 1 aliphatic heterocycles. The molecule has 4 atom stereocenters. The Kier molecular flexibility index (Phi) is 11.9. The van der Waals surface area contributed by atoms with Gasteiger partial charge in [0.1, 0.15) is 19.0 Å². The van der Waals surface area contributed by atoms with Gasteiger partial charge >= 0.3 is 18.0 Å². The summed E-state index contributed by atoms with van der Waals surface area (Å²) in [5.41, 5.74) is 2.16. The molecule has 1 fully saturated rings. The number of carbonyl (C=O) groups is 3. The second kappa shape index (κ2) is 15.6.